The first-order valence-electron chi connectivity index (χ1n) is 7.95. The van der Waals surface area contributed by atoms with Gasteiger partial charge in [0, 0.05) is 22.7 Å². The Hall–Kier alpha value is -3.34. The lowest BCUT2D eigenvalue weighted by molar-refractivity contribution is -0.139. The van der Waals surface area contributed by atoms with E-state index in [2.05, 4.69) is 4.98 Å². The molecule has 1 aliphatic rings. The molecule has 0 aliphatic carbocycles. The van der Waals surface area contributed by atoms with Gasteiger partial charge in [0.2, 0.25) is 0 Å². The van der Waals surface area contributed by atoms with E-state index in [1.54, 1.807) is 6.20 Å². The number of imide groups is 1. The number of aromatic amines is 1. The monoisotopic (exact) mass is 332 g/mol. The van der Waals surface area contributed by atoms with Crippen LogP contribution in [-0.2, 0) is 20.9 Å². The topological polar surface area (TPSA) is 62.4 Å². The standard InChI is InChI=1S/C20H16N2O3/c1-25-18-17(15-11-21-16-10-6-5-9-14(15)16)19(23)22(20(18)24)12-13-7-3-2-4-8-13/h2-11,21H,12H2,1H3. The fraction of sp³-hybridized carbons (Fsp3) is 0.100. The third kappa shape index (κ3) is 2.41. The Morgan fingerprint density at radius 2 is 1.68 bits per heavy atom. The van der Waals surface area contributed by atoms with Gasteiger partial charge in [0.05, 0.1) is 19.2 Å². The molecule has 5 nitrogen and oxygen atoms in total. The quantitative estimate of drug-likeness (QED) is 0.747. The molecule has 1 aromatic heterocycles. The summed E-state index contributed by atoms with van der Waals surface area (Å²) in [4.78, 5) is 30.1. The molecule has 0 saturated heterocycles. The number of para-hydroxylation sites is 1. The molecule has 0 bridgehead atoms. The summed E-state index contributed by atoms with van der Waals surface area (Å²) in [6, 6.07) is 17.1. The molecule has 3 aromatic rings. The Morgan fingerprint density at radius 3 is 2.44 bits per heavy atom. The second-order valence-corrected chi connectivity index (χ2v) is 5.84. The molecule has 0 fully saturated rings. The van der Waals surface area contributed by atoms with Crippen LogP contribution >= 0.6 is 0 Å². The summed E-state index contributed by atoms with van der Waals surface area (Å²) >= 11 is 0. The summed E-state index contributed by atoms with van der Waals surface area (Å²) in [7, 11) is 1.42. The van der Waals surface area contributed by atoms with Crippen LogP contribution in [-0.4, -0.2) is 28.8 Å². The molecule has 0 spiro atoms. The van der Waals surface area contributed by atoms with Crippen LogP contribution in [0.4, 0.5) is 0 Å². The molecule has 124 valence electrons. The van der Waals surface area contributed by atoms with Crippen molar-refractivity contribution in [2.45, 2.75) is 6.54 Å². The number of carbonyl (C=O) groups is 2. The van der Waals surface area contributed by atoms with Crippen molar-refractivity contribution < 1.29 is 14.3 Å². The summed E-state index contributed by atoms with van der Waals surface area (Å²) in [5.74, 6) is -0.655. The number of benzene rings is 2. The number of ether oxygens (including phenoxy) is 1. The molecule has 0 saturated carbocycles. The van der Waals surface area contributed by atoms with Gasteiger partial charge in [0.15, 0.2) is 5.76 Å². The highest BCUT2D eigenvalue weighted by atomic mass is 16.5. The second kappa shape index (κ2) is 5.94. The van der Waals surface area contributed by atoms with Gasteiger partial charge in [-0.15, -0.1) is 0 Å². The third-order valence-corrected chi connectivity index (χ3v) is 4.37. The van der Waals surface area contributed by atoms with E-state index >= 15 is 0 Å². The zero-order valence-corrected chi connectivity index (χ0v) is 13.7. The number of nitrogens with one attached hydrogen (secondary N) is 1. The Labute approximate surface area is 144 Å². The van der Waals surface area contributed by atoms with Gasteiger partial charge in [-0.25, -0.2) is 0 Å². The van der Waals surface area contributed by atoms with Gasteiger partial charge in [0.1, 0.15) is 0 Å². The summed E-state index contributed by atoms with van der Waals surface area (Å²) in [5.41, 5.74) is 2.78. The first-order valence-corrected chi connectivity index (χ1v) is 7.95. The smallest absolute Gasteiger partial charge is 0.296 e. The van der Waals surface area contributed by atoms with E-state index in [1.807, 2.05) is 54.6 Å². The average molecular weight is 332 g/mol. The summed E-state index contributed by atoms with van der Waals surface area (Å²) < 4.78 is 5.30. The number of hydrogen-bond donors (Lipinski definition) is 1. The predicted molar refractivity (Wildman–Crippen MR) is 94.2 cm³/mol. The minimum absolute atomic E-state index is 0.0886. The van der Waals surface area contributed by atoms with E-state index in [4.69, 9.17) is 4.74 Å². The maximum atomic E-state index is 13.0. The van der Waals surface area contributed by atoms with Crippen molar-refractivity contribution in [3.05, 3.63) is 77.7 Å². The van der Waals surface area contributed by atoms with Gasteiger partial charge < -0.3 is 9.72 Å². The van der Waals surface area contributed by atoms with E-state index in [9.17, 15) is 9.59 Å². The number of amides is 2. The molecule has 25 heavy (non-hydrogen) atoms. The van der Waals surface area contributed by atoms with Crippen LogP contribution in [0.5, 0.6) is 0 Å². The second-order valence-electron chi connectivity index (χ2n) is 5.84. The molecule has 5 heteroatoms. The highest BCUT2D eigenvalue weighted by Crippen LogP contribution is 2.34. The Balaban J connectivity index is 1.77. The highest BCUT2D eigenvalue weighted by Gasteiger charge is 2.40. The van der Waals surface area contributed by atoms with E-state index in [-0.39, 0.29) is 18.2 Å². The van der Waals surface area contributed by atoms with Crippen LogP contribution < -0.4 is 0 Å². The maximum absolute atomic E-state index is 13.0. The van der Waals surface area contributed by atoms with Crippen LogP contribution in [0.25, 0.3) is 16.5 Å². The number of methoxy groups -OCH3 is 1. The largest absolute Gasteiger partial charge is 0.490 e. The Kier molecular flexibility index (Phi) is 3.61. The molecule has 1 N–H and O–H groups in total. The lowest BCUT2D eigenvalue weighted by atomic mass is 10.0. The van der Waals surface area contributed by atoms with Crippen LogP contribution in [0.1, 0.15) is 11.1 Å². The normalized spacial score (nSPS) is 14.7. The van der Waals surface area contributed by atoms with Crippen LogP contribution in [0, 0.1) is 0 Å². The Bertz CT molecular complexity index is 1000. The van der Waals surface area contributed by atoms with Gasteiger partial charge >= 0.3 is 0 Å². The molecule has 2 amide bonds. The predicted octanol–water partition coefficient (Wildman–Crippen LogP) is 3.09. The minimum atomic E-state index is -0.406. The number of nitrogens with zero attached hydrogens (tertiary/aromatic N) is 1. The molecule has 2 heterocycles. The summed E-state index contributed by atoms with van der Waals surface area (Å²) in [6.07, 6.45) is 1.75. The Morgan fingerprint density at radius 1 is 0.960 bits per heavy atom. The SMILES string of the molecule is COC1=C(c2c[nH]c3ccccc23)C(=O)N(Cc2ccccc2)C1=O. The molecule has 4 rings (SSSR count). The van der Waals surface area contributed by atoms with Crippen molar-refractivity contribution in [2.75, 3.05) is 7.11 Å². The maximum Gasteiger partial charge on any atom is 0.296 e. The van der Waals surface area contributed by atoms with Crippen LogP contribution in [0.15, 0.2) is 66.6 Å². The number of fused-ring (bicyclic) bond motifs is 1. The van der Waals surface area contributed by atoms with Gasteiger partial charge in [-0.1, -0.05) is 48.5 Å². The minimum Gasteiger partial charge on any atom is -0.490 e. The van der Waals surface area contributed by atoms with Crippen LogP contribution in [0.3, 0.4) is 0 Å². The first-order chi connectivity index (χ1) is 12.2. The van der Waals surface area contributed by atoms with Crippen molar-refractivity contribution in [3.63, 3.8) is 0 Å². The molecule has 0 atom stereocenters. The van der Waals surface area contributed by atoms with E-state index in [1.165, 1.54) is 12.0 Å². The molecular weight excluding hydrogens is 316 g/mol. The van der Waals surface area contributed by atoms with Gasteiger partial charge in [-0.2, -0.15) is 0 Å². The number of aromatic nitrogens is 1. The number of H-pyrrole nitrogens is 1. The van der Waals surface area contributed by atoms with Crippen molar-refractivity contribution in [2.24, 2.45) is 0 Å². The first kappa shape index (κ1) is 15.2. The summed E-state index contributed by atoms with van der Waals surface area (Å²) in [5, 5.41) is 0.884. The van der Waals surface area contributed by atoms with E-state index < -0.39 is 5.91 Å². The van der Waals surface area contributed by atoms with Crippen molar-refractivity contribution in [1.82, 2.24) is 9.88 Å². The number of rotatable bonds is 4. The third-order valence-electron chi connectivity index (χ3n) is 4.37. The molecule has 2 aromatic carbocycles. The van der Waals surface area contributed by atoms with Crippen LogP contribution in [0.2, 0.25) is 0 Å². The molecular formula is C20H16N2O3. The molecule has 0 radical (unpaired) electrons. The van der Waals surface area contributed by atoms with Crippen molar-refractivity contribution >= 4 is 28.3 Å². The number of carbonyl (C=O) groups excluding carboxylic acids is 2. The zero-order valence-electron chi connectivity index (χ0n) is 13.7. The van der Waals surface area contributed by atoms with Crippen molar-refractivity contribution in [3.8, 4) is 0 Å². The highest BCUT2D eigenvalue weighted by molar-refractivity contribution is 6.36. The van der Waals surface area contributed by atoms with E-state index in [0.717, 1.165) is 16.5 Å². The summed E-state index contributed by atoms with van der Waals surface area (Å²) in [6.45, 7) is 0.219. The average Bonchev–Trinajstić information content (AvgIpc) is 3.16. The molecule has 0 unspecified atom stereocenters. The van der Waals surface area contributed by atoms with Gasteiger partial charge in [-0.3, -0.25) is 14.5 Å². The number of hydrogen-bond acceptors (Lipinski definition) is 3. The zero-order chi connectivity index (χ0) is 17.4. The van der Waals surface area contributed by atoms with Gasteiger partial charge in [-0.05, 0) is 11.6 Å². The lowest BCUT2D eigenvalue weighted by Crippen LogP contribution is -2.31. The van der Waals surface area contributed by atoms with E-state index in [0.29, 0.717) is 11.1 Å². The fourth-order valence-electron chi connectivity index (χ4n) is 3.17. The fourth-order valence-corrected chi connectivity index (χ4v) is 3.17. The van der Waals surface area contributed by atoms with Gasteiger partial charge in [0.25, 0.3) is 11.8 Å². The molecule has 1 aliphatic heterocycles. The van der Waals surface area contributed by atoms with Crippen molar-refractivity contribution in [1.29, 1.82) is 0 Å². The lowest BCUT2D eigenvalue weighted by Gasteiger charge is -2.14.